The maximum atomic E-state index is 3.81. The van der Waals surface area contributed by atoms with Crippen molar-refractivity contribution in [1.29, 1.82) is 0 Å². The van der Waals surface area contributed by atoms with Gasteiger partial charge in [-0.05, 0) is 61.3 Å². The molecule has 2 aliphatic rings. The third-order valence-corrected chi connectivity index (χ3v) is 6.75. The molecule has 2 heterocycles. The number of aromatic nitrogens is 2. The Hall–Kier alpha value is -2.74. The molecule has 3 unspecified atom stereocenters. The number of allylic oxidation sites excluding steroid dienone is 6. The van der Waals surface area contributed by atoms with E-state index >= 15 is 0 Å². The van der Waals surface area contributed by atoms with Crippen LogP contribution in [0.2, 0.25) is 0 Å². The van der Waals surface area contributed by atoms with E-state index in [2.05, 4.69) is 98.1 Å². The second-order valence-corrected chi connectivity index (χ2v) is 9.02. The van der Waals surface area contributed by atoms with Crippen LogP contribution in [-0.2, 0) is 0 Å². The molecule has 0 spiro atoms. The van der Waals surface area contributed by atoms with Crippen molar-refractivity contribution >= 4 is 22.2 Å². The van der Waals surface area contributed by atoms with Gasteiger partial charge in [-0.3, -0.25) is 0 Å². The van der Waals surface area contributed by atoms with E-state index in [0.717, 1.165) is 6.42 Å². The molecule has 5 rings (SSSR count). The summed E-state index contributed by atoms with van der Waals surface area (Å²) in [5, 5.41) is 0. The Labute approximate surface area is 173 Å². The second kappa shape index (κ2) is 6.95. The summed E-state index contributed by atoms with van der Waals surface area (Å²) in [5.41, 5.74) is 10.9. The first-order valence-electron chi connectivity index (χ1n) is 10.9. The van der Waals surface area contributed by atoms with Gasteiger partial charge in [-0.2, -0.15) is 0 Å². The molecule has 3 atom stereocenters. The van der Waals surface area contributed by atoms with E-state index in [1.807, 2.05) is 0 Å². The van der Waals surface area contributed by atoms with E-state index in [4.69, 9.17) is 0 Å². The number of hydrogen-bond acceptors (Lipinski definition) is 0. The largest absolute Gasteiger partial charge is 0.353 e. The standard InChI is InChI=1S/C27H30N2/c1-17-9-8-12-22(13-17)23-16-29(20(4)21-10-6-5-7-11-21)25-15-24(28-27(23)25)26-18(2)14-19(26)3/h5-8,10-13,15-18,20,28H,9,14H2,1-4H3. The van der Waals surface area contributed by atoms with Gasteiger partial charge in [0.15, 0.2) is 0 Å². The van der Waals surface area contributed by atoms with Gasteiger partial charge in [0.1, 0.15) is 0 Å². The van der Waals surface area contributed by atoms with Crippen LogP contribution in [0.4, 0.5) is 0 Å². The Bertz CT molecular complexity index is 1150. The minimum Gasteiger partial charge on any atom is -0.353 e. The lowest BCUT2D eigenvalue weighted by molar-refractivity contribution is 0.661. The predicted molar refractivity (Wildman–Crippen MR) is 124 cm³/mol. The molecule has 0 saturated carbocycles. The van der Waals surface area contributed by atoms with E-state index in [9.17, 15) is 0 Å². The van der Waals surface area contributed by atoms with Gasteiger partial charge in [0.05, 0.1) is 17.1 Å². The first kappa shape index (κ1) is 18.3. The fourth-order valence-corrected chi connectivity index (χ4v) is 5.18. The number of benzene rings is 1. The molecule has 1 N–H and O–H groups in total. The van der Waals surface area contributed by atoms with Crippen LogP contribution in [0.25, 0.3) is 22.2 Å². The van der Waals surface area contributed by atoms with Crippen molar-refractivity contribution in [2.24, 2.45) is 11.8 Å². The Kier molecular flexibility index (Phi) is 4.38. The SMILES string of the molecule is CC1=C(c2cc3c([nH]2)c(C2=CC(C)CC=C2)cn3C(C)c2ccccc2)C(C)C1. The van der Waals surface area contributed by atoms with Gasteiger partial charge in [0, 0.05) is 17.5 Å². The summed E-state index contributed by atoms with van der Waals surface area (Å²) in [6.45, 7) is 9.21. The Morgan fingerprint density at radius 2 is 1.93 bits per heavy atom. The molecule has 0 saturated heterocycles. The van der Waals surface area contributed by atoms with Gasteiger partial charge in [-0.1, -0.05) is 68.0 Å². The molecule has 1 aromatic carbocycles. The molecule has 29 heavy (non-hydrogen) atoms. The molecule has 0 radical (unpaired) electrons. The first-order chi connectivity index (χ1) is 14.0. The summed E-state index contributed by atoms with van der Waals surface area (Å²) in [7, 11) is 0. The van der Waals surface area contributed by atoms with Crippen molar-refractivity contribution < 1.29 is 0 Å². The van der Waals surface area contributed by atoms with E-state index in [0.29, 0.717) is 11.8 Å². The van der Waals surface area contributed by atoms with E-state index in [1.54, 1.807) is 0 Å². The highest BCUT2D eigenvalue weighted by Gasteiger charge is 2.27. The average Bonchev–Trinajstić information content (AvgIpc) is 3.27. The molecule has 0 bridgehead atoms. The van der Waals surface area contributed by atoms with Crippen LogP contribution in [0.5, 0.6) is 0 Å². The van der Waals surface area contributed by atoms with Crippen LogP contribution in [0, 0.1) is 11.8 Å². The van der Waals surface area contributed by atoms with Crippen molar-refractivity contribution in [1.82, 2.24) is 9.55 Å². The monoisotopic (exact) mass is 382 g/mol. The van der Waals surface area contributed by atoms with Crippen LogP contribution in [0.1, 0.15) is 63.4 Å². The molecular weight excluding hydrogens is 352 g/mol. The molecule has 148 valence electrons. The maximum Gasteiger partial charge on any atom is 0.0720 e. The zero-order valence-electron chi connectivity index (χ0n) is 17.9. The zero-order valence-corrected chi connectivity index (χ0v) is 17.9. The quantitative estimate of drug-likeness (QED) is 0.486. The van der Waals surface area contributed by atoms with E-state index in [1.165, 1.54) is 51.0 Å². The number of aromatic amines is 1. The van der Waals surface area contributed by atoms with Gasteiger partial charge >= 0.3 is 0 Å². The fraction of sp³-hybridized carbons (Fsp3) is 0.333. The van der Waals surface area contributed by atoms with Crippen LogP contribution in [0.3, 0.4) is 0 Å². The predicted octanol–water partition coefficient (Wildman–Crippen LogP) is 7.37. The Balaban J connectivity index is 1.69. The number of rotatable bonds is 4. The topological polar surface area (TPSA) is 20.7 Å². The smallest absolute Gasteiger partial charge is 0.0720 e. The second-order valence-electron chi connectivity index (χ2n) is 9.02. The molecule has 2 heteroatoms. The molecule has 0 aliphatic heterocycles. The van der Waals surface area contributed by atoms with Gasteiger partial charge < -0.3 is 9.55 Å². The van der Waals surface area contributed by atoms with Crippen molar-refractivity contribution in [3.63, 3.8) is 0 Å². The van der Waals surface area contributed by atoms with Gasteiger partial charge in [-0.25, -0.2) is 0 Å². The highest BCUT2D eigenvalue weighted by atomic mass is 15.0. The lowest BCUT2D eigenvalue weighted by Gasteiger charge is -2.28. The van der Waals surface area contributed by atoms with E-state index < -0.39 is 0 Å². The molecule has 2 aromatic heterocycles. The minimum absolute atomic E-state index is 0.288. The maximum absolute atomic E-state index is 3.81. The van der Waals surface area contributed by atoms with Crippen molar-refractivity contribution in [2.75, 3.05) is 0 Å². The Morgan fingerprint density at radius 1 is 1.14 bits per heavy atom. The van der Waals surface area contributed by atoms with Crippen molar-refractivity contribution in [3.05, 3.63) is 83.2 Å². The zero-order chi connectivity index (χ0) is 20.1. The van der Waals surface area contributed by atoms with Gasteiger partial charge in [0.2, 0.25) is 0 Å². The highest BCUT2D eigenvalue weighted by molar-refractivity contribution is 5.96. The van der Waals surface area contributed by atoms with Crippen molar-refractivity contribution in [3.8, 4) is 0 Å². The molecule has 0 amide bonds. The summed E-state index contributed by atoms with van der Waals surface area (Å²) >= 11 is 0. The minimum atomic E-state index is 0.288. The molecule has 3 aromatic rings. The highest BCUT2D eigenvalue weighted by Crippen LogP contribution is 2.43. The lowest BCUT2D eigenvalue weighted by Crippen LogP contribution is -2.12. The summed E-state index contributed by atoms with van der Waals surface area (Å²) in [5.74, 6) is 1.24. The number of H-pyrrole nitrogens is 1. The third-order valence-electron chi connectivity index (χ3n) is 6.75. The van der Waals surface area contributed by atoms with Crippen LogP contribution >= 0.6 is 0 Å². The Morgan fingerprint density at radius 3 is 2.62 bits per heavy atom. The summed E-state index contributed by atoms with van der Waals surface area (Å²) in [6.07, 6.45) is 11.7. The molecule has 0 fully saturated rings. The van der Waals surface area contributed by atoms with Gasteiger partial charge in [0.25, 0.3) is 0 Å². The van der Waals surface area contributed by atoms with E-state index in [-0.39, 0.29) is 6.04 Å². The first-order valence-corrected chi connectivity index (χ1v) is 10.9. The third kappa shape index (κ3) is 3.02. The van der Waals surface area contributed by atoms with Crippen LogP contribution < -0.4 is 0 Å². The fourth-order valence-electron chi connectivity index (χ4n) is 5.18. The summed E-state index contributed by atoms with van der Waals surface area (Å²) in [6, 6.07) is 13.5. The average molecular weight is 383 g/mol. The van der Waals surface area contributed by atoms with Crippen LogP contribution in [0.15, 0.2) is 66.4 Å². The molecule has 2 aliphatic carbocycles. The molecular formula is C27H30N2. The summed E-state index contributed by atoms with van der Waals surface area (Å²) < 4.78 is 2.45. The number of nitrogens with one attached hydrogen (secondary N) is 1. The number of hydrogen-bond donors (Lipinski definition) is 1. The number of nitrogens with zero attached hydrogens (tertiary/aromatic N) is 1. The van der Waals surface area contributed by atoms with Gasteiger partial charge in [-0.15, -0.1) is 0 Å². The van der Waals surface area contributed by atoms with Crippen LogP contribution in [-0.4, -0.2) is 9.55 Å². The normalized spacial score (nSPS) is 22.7. The molecule has 2 nitrogen and oxygen atoms in total. The van der Waals surface area contributed by atoms with Crippen molar-refractivity contribution in [2.45, 2.75) is 46.6 Å². The number of fused-ring (bicyclic) bond motifs is 1. The summed E-state index contributed by atoms with van der Waals surface area (Å²) in [4.78, 5) is 3.81. The lowest BCUT2D eigenvalue weighted by atomic mass is 9.78.